The molecule has 0 aromatic carbocycles. The van der Waals surface area contributed by atoms with Crippen molar-refractivity contribution in [1.82, 2.24) is 29.0 Å². The Morgan fingerprint density at radius 3 is 3.00 bits per heavy atom. The molecule has 3 aromatic heterocycles. The molecule has 1 atom stereocenters. The highest BCUT2D eigenvalue weighted by atomic mass is 32.2. The van der Waals surface area contributed by atoms with Gasteiger partial charge >= 0.3 is 0 Å². The van der Waals surface area contributed by atoms with Crippen LogP contribution in [0.4, 0.5) is 5.82 Å². The van der Waals surface area contributed by atoms with Gasteiger partial charge in [-0.15, -0.1) is 0 Å². The van der Waals surface area contributed by atoms with Crippen molar-refractivity contribution in [3.8, 4) is 0 Å². The van der Waals surface area contributed by atoms with Gasteiger partial charge in [-0.3, -0.25) is 4.68 Å². The molecule has 0 amide bonds. The van der Waals surface area contributed by atoms with Crippen molar-refractivity contribution in [2.45, 2.75) is 32.0 Å². The molecular formula is C18H23N7OS. The second-order valence-corrected chi connectivity index (χ2v) is 9.06. The molecule has 0 radical (unpaired) electrons. The van der Waals surface area contributed by atoms with Crippen molar-refractivity contribution in [2.24, 2.45) is 13.0 Å². The van der Waals surface area contributed by atoms with Crippen molar-refractivity contribution in [2.75, 3.05) is 17.7 Å². The highest BCUT2D eigenvalue weighted by Crippen LogP contribution is 2.36. The summed E-state index contributed by atoms with van der Waals surface area (Å²) >= 11 is 0. The molecule has 5 rings (SSSR count). The summed E-state index contributed by atoms with van der Waals surface area (Å²) in [5.74, 6) is 2.21. The molecule has 8 nitrogen and oxygen atoms in total. The maximum atomic E-state index is 12.8. The summed E-state index contributed by atoms with van der Waals surface area (Å²) in [5.41, 5.74) is 3.26. The van der Waals surface area contributed by atoms with Crippen molar-refractivity contribution in [3.63, 3.8) is 0 Å². The van der Waals surface area contributed by atoms with Crippen molar-refractivity contribution >= 4 is 27.8 Å². The predicted octanol–water partition coefficient (Wildman–Crippen LogP) is 1.59. The SMILES string of the molecule is CN(c1ncnc2[nH]ccc12)C1CC(CS(=O)N2Cc3cnn(C)c3C2)C1. The molecule has 142 valence electrons. The van der Waals surface area contributed by atoms with Gasteiger partial charge in [0.05, 0.1) is 34.8 Å². The number of fused-ring (bicyclic) bond motifs is 2. The maximum Gasteiger partial charge on any atom is 0.142 e. The number of anilines is 1. The first-order valence-electron chi connectivity index (χ1n) is 9.24. The van der Waals surface area contributed by atoms with E-state index in [9.17, 15) is 4.21 Å². The summed E-state index contributed by atoms with van der Waals surface area (Å²) in [6.07, 6.45) is 7.51. The highest BCUT2D eigenvalue weighted by molar-refractivity contribution is 7.82. The molecule has 1 saturated carbocycles. The van der Waals surface area contributed by atoms with Crippen LogP contribution in [0.5, 0.6) is 0 Å². The second kappa shape index (κ2) is 6.42. The monoisotopic (exact) mass is 385 g/mol. The number of H-pyrrole nitrogens is 1. The van der Waals surface area contributed by atoms with Crippen LogP contribution in [-0.2, 0) is 31.1 Å². The Balaban J connectivity index is 1.18. The van der Waals surface area contributed by atoms with Crippen LogP contribution in [0.3, 0.4) is 0 Å². The van der Waals surface area contributed by atoms with Crippen LogP contribution >= 0.6 is 0 Å². The van der Waals surface area contributed by atoms with E-state index < -0.39 is 11.0 Å². The average Bonchev–Trinajstić information content (AvgIpc) is 3.33. The van der Waals surface area contributed by atoms with E-state index in [4.69, 9.17) is 0 Å². The number of aryl methyl sites for hydroxylation is 1. The Labute approximate surface area is 160 Å². The van der Waals surface area contributed by atoms with E-state index in [1.54, 1.807) is 6.33 Å². The Morgan fingerprint density at radius 1 is 1.33 bits per heavy atom. The Bertz CT molecular complexity index is 1010. The van der Waals surface area contributed by atoms with E-state index in [2.05, 4.69) is 36.3 Å². The largest absolute Gasteiger partial charge is 0.356 e. The molecule has 0 saturated heterocycles. The number of hydrogen-bond acceptors (Lipinski definition) is 5. The third-order valence-electron chi connectivity index (χ3n) is 5.91. The molecule has 1 fully saturated rings. The molecule has 1 N–H and O–H groups in total. The van der Waals surface area contributed by atoms with Crippen LogP contribution in [0, 0.1) is 5.92 Å². The third kappa shape index (κ3) is 2.85. The molecule has 1 unspecified atom stereocenters. The number of rotatable bonds is 5. The van der Waals surface area contributed by atoms with Crippen molar-refractivity contribution < 1.29 is 4.21 Å². The summed E-state index contributed by atoms with van der Waals surface area (Å²) in [6.45, 7) is 1.49. The van der Waals surface area contributed by atoms with E-state index in [1.165, 1.54) is 11.3 Å². The van der Waals surface area contributed by atoms with E-state index in [-0.39, 0.29) is 0 Å². The summed E-state index contributed by atoms with van der Waals surface area (Å²) in [6, 6.07) is 2.46. The minimum atomic E-state index is -0.932. The zero-order valence-corrected chi connectivity index (χ0v) is 16.3. The molecule has 1 aliphatic carbocycles. The van der Waals surface area contributed by atoms with Gasteiger partial charge < -0.3 is 9.88 Å². The predicted molar refractivity (Wildman–Crippen MR) is 104 cm³/mol. The zero-order chi connectivity index (χ0) is 18.5. The van der Waals surface area contributed by atoms with Gasteiger partial charge in [0.25, 0.3) is 0 Å². The first-order chi connectivity index (χ1) is 13.1. The standard InChI is InChI=1S/C18H23N7OS/c1-23(18-15-3-4-19-17(15)20-11-21-18)14-5-12(6-14)10-27(26)25-8-13-7-22-24(2)16(13)9-25/h3-4,7,11-12,14H,5-6,8-10H2,1-2H3,(H,19,20,21). The molecule has 1 aliphatic heterocycles. The summed E-state index contributed by atoms with van der Waals surface area (Å²) in [7, 11) is 3.11. The van der Waals surface area contributed by atoms with Crippen LogP contribution in [0.25, 0.3) is 11.0 Å². The second-order valence-electron chi connectivity index (χ2n) is 7.57. The van der Waals surface area contributed by atoms with Gasteiger partial charge in [0.2, 0.25) is 0 Å². The van der Waals surface area contributed by atoms with Gasteiger partial charge in [0.15, 0.2) is 0 Å². The van der Waals surface area contributed by atoms with Gasteiger partial charge in [-0.2, -0.15) is 5.10 Å². The molecule has 4 heterocycles. The van der Waals surface area contributed by atoms with E-state index in [0.717, 1.165) is 48.5 Å². The smallest absolute Gasteiger partial charge is 0.142 e. The molecule has 2 aliphatic rings. The van der Waals surface area contributed by atoms with Crippen molar-refractivity contribution in [1.29, 1.82) is 0 Å². The van der Waals surface area contributed by atoms with Gasteiger partial charge in [-0.1, -0.05) is 0 Å². The van der Waals surface area contributed by atoms with E-state index in [0.29, 0.717) is 12.0 Å². The zero-order valence-electron chi connectivity index (χ0n) is 15.5. The maximum absolute atomic E-state index is 12.8. The molecule has 0 spiro atoms. The van der Waals surface area contributed by atoms with Gasteiger partial charge in [0, 0.05) is 44.2 Å². The molecule has 27 heavy (non-hydrogen) atoms. The van der Waals surface area contributed by atoms with Crippen LogP contribution in [0.2, 0.25) is 0 Å². The minimum Gasteiger partial charge on any atom is -0.356 e. The first-order valence-corrected chi connectivity index (χ1v) is 10.5. The number of nitrogens with zero attached hydrogens (tertiary/aromatic N) is 6. The Morgan fingerprint density at radius 2 is 2.19 bits per heavy atom. The van der Waals surface area contributed by atoms with Gasteiger partial charge in [-0.05, 0) is 24.8 Å². The first kappa shape index (κ1) is 16.9. The summed E-state index contributed by atoms with van der Waals surface area (Å²) in [5, 5.41) is 5.32. The molecular weight excluding hydrogens is 362 g/mol. The average molecular weight is 385 g/mol. The highest BCUT2D eigenvalue weighted by Gasteiger charge is 2.36. The van der Waals surface area contributed by atoms with E-state index in [1.807, 2.05) is 30.2 Å². The van der Waals surface area contributed by atoms with Crippen LogP contribution in [0.15, 0.2) is 24.8 Å². The Kier molecular flexibility index (Phi) is 4.01. The lowest BCUT2D eigenvalue weighted by molar-refractivity contribution is 0.281. The normalized spacial score (nSPS) is 23.3. The van der Waals surface area contributed by atoms with Gasteiger partial charge in [0.1, 0.15) is 17.8 Å². The Hall–Kier alpha value is -2.26. The summed E-state index contributed by atoms with van der Waals surface area (Å²) in [4.78, 5) is 14.1. The quantitative estimate of drug-likeness (QED) is 0.721. The van der Waals surface area contributed by atoms with Crippen molar-refractivity contribution in [3.05, 3.63) is 36.0 Å². The van der Waals surface area contributed by atoms with Crippen LogP contribution in [0.1, 0.15) is 24.1 Å². The fourth-order valence-electron chi connectivity index (χ4n) is 4.17. The van der Waals surface area contributed by atoms with Gasteiger partial charge in [-0.25, -0.2) is 18.5 Å². The number of hydrogen-bond donors (Lipinski definition) is 1. The van der Waals surface area contributed by atoms with E-state index >= 15 is 0 Å². The van der Waals surface area contributed by atoms with Crippen LogP contribution in [-0.4, -0.2) is 52.1 Å². The topological polar surface area (TPSA) is 82.9 Å². The lowest BCUT2D eigenvalue weighted by atomic mass is 9.81. The lowest BCUT2D eigenvalue weighted by Crippen LogP contribution is -2.45. The molecule has 0 bridgehead atoms. The number of nitrogens with one attached hydrogen (secondary N) is 1. The lowest BCUT2D eigenvalue weighted by Gasteiger charge is -2.42. The summed E-state index contributed by atoms with van der Waals surface area (Å²) < 4.78 is 16.7. The molecule has 3 aromatic rings. The third-order valence-corrected chi connectivity index (χ3v) is 7.50. The number of aromatic nitrogens is 5. The molecule has 9 heteroatoms. The fraction of sp³-hybridized carbons (Fsp3) is 0.500. The van der Waals surface area contributed by atoms with Crippen LogP contribution < -0.4 is 4.90 Å². The number of aromatic amines is 1. The fourth-order valence-corrected chi connectivity index (χ4v) is 5.61. The minimum absolute atomic E-state index is 0.444.